The standard InChI is InChI=1S/C34H50N3O4P/c1-6-40-42(39,41-7-2)15-14-31-34(38)37(32-11-9-8-10-30(32)35-31)29-20-27-13-12-22(3)33(21-29)36(27)28-16-23(4)24(5)26-17-25(18-26)19-28/h8-11,14-15,22-29,33H,6-7,12-13,16-21H2,1-5H3/b15-14+/t22?,23?,24?,25-,26+,27-,28+,29+,33?/m1/s1. The second-order valence-electron chi connectivity index (χ2n) is 13.8. The van der Waals surface area contributed by atoms with Crippen molar-refractivity contribution in [1.82, 2.24) is 14.5 Å². The minimum absolute atomic E-state index is 0.107. The molecular weight excluding hydrogens is 545 g/mol. The molecule has 2 aliphatic heterocycles. The molecule has 0 N–H and O–H groups in total. The largest absolute Gasteiger partial charge is 0.354 e. The van der Waals surface area contributed by atoms with Gasteiger partial charge in [-0.2, -0.15) is 0 Å². The Morgan fingerprint density at radius 3 is 2.38 bits per heavy atom. The van der Waals surface area contributed by atoms with Gasteiger partial charge in [0.05, 0.1) is 24.2 Å². The third-order valence-electron chi connectivity index (χ3n) is 11.3. The highest BCUT2D eigenvalue weighted by Crippen LogP contribution is 2.52. The van der Waals surface area contributed by atoms with E-state index < -0.39 is 7.60 Å². The van der Waals surface area contributed by atoms with Crippen LogP contribution in [0.25, 0.3) is 17.1 Å². The van der Waals surface area contributed by atoms with Gasteiger partial charge in [0.15, 0.2) is 0 Å². The Morgan fingerprint density at radius 1 is 0.905 bits per heavy atom. The zero-order valence-electron chi connectivity index (χ0n) is 26.2. The van der Waals surface area contributed by atoms with Gasteiger partial charge in [0.1, 0.15) is 5.69 Å². The quantitative estimate of drug-likeness (QED) is 0.289. The summed E-state index contributed by atoms with van der Waals surface area (Å²) in [6, 6.07) is 9.70. The van der Waals surface area contributed by atoms with E-state index in [0.717, 1.165) is 47.5 Å². The van der Waals surface area contributed by atoms with Gasteiger partial charge in [0, 0.05) is 30.0 Å². The van der Waals surface area contributed by atoms with Crippen LogP contribution in [0.1, 0.15) is 97.7 Å². The van der Waals surface area contributed by atoms with Gasteiger partial charge in [-0.05, 0) is 113 Å². The first-order valence-electron chi connectivity index (χ1n) is 16.6. The van der Waals surface area contributed by atoms with Crippen molar-refractivity contribution in [2.24, 2.45) is 29.6 Å². The van der Waals surface area contributed by atoms with E-state index in [9.17, 15) is 9.36 Å². The number of rotatable bonds is 8. The number of fused-ring (bicyclic) bond motifs is 8. The van der Waals surface area contributed by atoms with Crippen LogP contribution >= 0.6 is 7.60 Å². The van der Waals surface area contributed by atoms with E-state index in [1.54, 1.807) is 19.9 Å². The van der Waals surface area contributed by atoms with Gasteiger partial charge in [-0.15, -0.1) is 0 Å². The predicted molar refractivity (Wildman–Crippen MR) is 170 cm³/mol. The van der Waals surface area contributed by atoms with E-state index in [1.165, 1.54) is 44.3 Å². The lowest BCUT2D eigenvalue weighted by Crippen LogP contribution is -2.61. The number of benzene rings is 1. The molecular formula is C34H50N3O4P. The molecule has 1 aromatic carbocycles. The van der Waals surface area contributed by atoms with E-state index in [0.29, 0.717) is 24.0 Å². The molecule has 3 saturated carbocycles. The number of nitrogens with zero attached hydrogens (tertiary/aromatic N) is 3. The van der Waals surface area contributed by atoms with Gasteiger partial charge in [0.25, 0.3) is 5.56 Å². The van der Waals surface area contributed by atoms with E-state index in [1.807, 2.05) is 28.8 Å². The third-order valence-corrected chi connectivity index (χ3v) is 13.0. The van der Waals surface area contributed by atoms with Crippen molar-refractivity contribution in [3.8, 4) is 0 Å². The molecule has 0 spiro atoms. The zero-order valence-corrected chi connectivity index (χ0v) is 27.0. The first-order valence-corrected chi connectivity index (χ1v) is 18.2. The van der Waals surface area contributed by atoms with E-state index in [2.05, 4.69) is 25.7 Å². The van der Waals surface area contributed by atoms with Crippen LogP contribution in [0, 0.1) is 29.6 Å². The maximum Gasteiger partial charge on any atom is 0.354 e. The molecule has 7 nitrogen and oxygen atoms in total. The van der Waals surface area contributed by atoms with Crippen LogP contribution in [0.5, 0.6) is 0 Å². The summed E-state index contributed by atoms with van der Waals surface area (Å²) in [7, 11) is -3.45. The Labute approximate surface area is 251 Å². The molecule has 2 aromatic rings. The van der Waals surface area contributed by atoms with Crippen molar-refractivity contribution in [2.75, 3.05) is 13.2 Å². The normalized spacial score (nSPS) is 35.6. The summed E-state index contributed by atoms with van der Waals surface area (Å²) in [5, 5.41) is 0. The number of piperidine rings is 2. The monoisotopic (exact) mass is 595 g/mol. The second kappa shape index (κ2) is 12.3. The number of para-hydroxylation sites is 2. The topological polar surface area (TPSA) is 73.7 Å². The van der Waals surface area contributed by atoms with Crippen LogP contribution in [0.2, 0.25) is 0 Å². The molecule has 0 radical (unpaired) electrons. The number of hydrogen-bond donors (Lipinski definition) is 0. The molecule has 230 valence electrons. The van der Waals surface area contributed by atoms with Gasteiger partial charge < -0.3 is 13.6 Å². The van der Waals surface area contributed by atoms with Crippen LogP contribution in [0.3, 0.4) is 0 Å². The van der Waals surface area contributed by atoms with E-state index in [4.69, 9.17) is 14.0 Å². The fourth-order valence-corrected chi connectivity index (χ4v) is 10.2. The van der Waals surface area contributed by atoms with E-state index in [-0.39, 0.29) is 30.5 Å². The summed E-state index contributed by atoms with van der Waals surface area (Å²) in [4.78, 5) is 21.8. The van der Waals surface area contributed by atoms with Gasteiger partial charge in [-0.3, -0.25) is 14.3 Å². The summed E-state index contributed by atoms with van der Waals surface area (Å²) in [6.45, 7) is 11.5. The smallest absolute Gasteiger partial charge is 0.306 e. The van der Waals surface area contributed by atoms with Gasteiger partial charge >= 0.3 is 7.60 Å². The highest BCUT2D eigenvalue weighted by Gasteiger charge is 2.48. The summed E-state index contributed by atoms with van der Waals surface area (Å²) in [6.07, 6.45) is 11.5. The first-order chi connectivity index (χ1) is 20.2. The Hall–Kier alpha value is -1.79. The van der Waals surface area contributed by atoms with Gasteiger partial charge in [-0.1, -0.05) is 32.9 Å². The van der Waals surface area contributed by atoms with Crippen LogP contribution in [-0.2, 0) is 13.6 Å². The highest BCUT2D eigenvalue weighted by molar-refractivity contribution is 7.57. The van der Waals surface area contributed by atoms with Crippen molar-refractivity contribution < 1.29 is 13.6 Å². The van der Waals surface area contributed by atoms with Crippen LogP contribution < -0.4 is 5.56 Å². The zero-order chi connectivity index (χ0) is 29.6. The lowest BCUT2D eigenvalue weighted by Gasteiger charge is -2.57. The summed E-state index contributed by atoms with van der Waals surface area (Å²) in [5.74, 6) is 5.45. The van der Waals surface area contributed by atoms with Gasteiger partial charge in [-0.25, -0.2) is 4.98 Å². The van der Waals surface area contributed by atoms with Crippen molar-refractivity contribution >= 4 is 24.7 Å². The third kappa shape index (κ3) is 5.72. The highest BCUT2D eigenvalue weighted by atomic mass is 31.2. The van der Waals surface area contributed by atoms with Crippen LogP contribution in [0.4, 0.5) is 0 Å². The van der Waals surface area contributed by atoms with Gasteiger partial charge in [0.2, 0.25) is 0 Å². The maximum atomic E-state index is 14.2. The van der Waals surface area contributed by atoms with Crippen molar-refractivity contribution in [2.45, 2.75) is 110 Å². The molecule has 4 unspecified atom stereocenters. The molecule has 7 rings (SSSR count). The molecule has 5 aliphatic rings. The number of hydrogen-bond acceptors (Lipinski definition) is 6. The fraction of sp³-hybridized carbons (Fsp3) is 0.706. The average molecular weight is 596 g/mol. The molecule has 1 aromatic heterocycles. The number of aromatic nitrogens is 2. The van der Waals surface area contributed by atoms with E-state index >= 15 is 0 Å². The van der Waals surface area contributed by atoms with Crippen molar-refractivity contribution in [1.29, 1.82) is 0 Å². The minimum atomic E-state index is -3.45. The lowest BCUT2D eigenvalue weighted by molar-refractivity contribution is -0.0756. The minimum Gasteiger partial charge on any atom is -0.306 e. The summed E-state index contributed by atoms with van der Waals surface area (Å²) < 4.78 is 26.0. The summed E-state index contributed by atoms with van der Waals surface area (Å²) in [5.41, 5.74) is 1.83. The molecule has 8 heteroatoms. The maximum absolute atomic E-state index is 14.2. The van der Waals surface area contributed by atoms with Crippen molar-refractivity contribution in [3.63, 3.8) is 0 Å². The molecule has 2 saturated heterocycles. The molecule has 42 heavy (non-hydrogen) atoms. The van der Waals surface area contributed by atoms with Crippen LogP contribution in [0.15, 0.2) is 34.9 Å². The fourth-order valence-electron chi connectivity index (χ4n) is 8.95. The Kier molecular flexibility index (Phi) is 8.86. The molecule has 4 bridgehead atoms. The Bertz CT molecular complexity index is 1390. The SMILES string of the molecule is CCOP(=O)(/C=C/c1nc2ccccc2n([C@@H]2CC3C(C)CC[C@H](C2)N3[C@H]2CC(C)C(C)[C@H]3C[C@@H](C2)C3)c1=O)OCC. The molecule has 3 heterocycles. The predicted octanol–water partition coefficient (Wildman–Crippen LogP) is 7.90. The Balaban J connectivity index is 1.34. The molecule has 7 atom stereocenters. The molecule has 0 amide bonds. The summed E-state index contributed by atoms with van der Waals surface area (Å²) >= 11 is 0. The average Bonchev–Trinajstić information content (AvgIpc) is 2.94. The first kappa shape index (κ1) is 30.2. The lowest BCUT2D eigenvalue weighted by atomic mass is 9.60. The van der Waals surface area contributed by atoms with Crippen LogP contribution in [-0.4, -0.2) is 45.8 Å². The van der Waals surface area contributed by atoms with Crippen molar-refractivity contribution in [3.05, 3.63) is 46.1 Å². The molecule has 5 fully saturated rings. The Morgan fingerprint density at radius 2 is 1.64 bits per heavy atom. The second-order valence-corrected chi connectivity index (χ2v) is 15.7. The molecule has 3 aliphatic carbocycles.